The Morgan fingerprint density at radius 3 is 1.95 bits per heavy atom. The van der Waals surface area contributed by atoms with Crippen LogP contribution < -0.4 is 14.5 Å². The van der Waals surface area contributed by atoms with Crippen molar-refractivity contribution in [2.75, 3.05) is 16.5 Å². The lowest BCUT2D eigenvalue weighted by Gasteiger charge is -2.27. The molecule has 0 aliphatic carbocycles. The molecule has 57 heavy (non-hydrogen) atoms. The van der Waals surface area contributed by atoms with Crippen LogP contribution in [0.5, 0.6) is 11.5 Å². The summed E-state index contributed by atoms with van der Waals surface area (Å²) in [4.78, 5) is 9.62. The zero-order valence-electron chi connectivity index (χ0n) is 33.6. The van der Waals surface area contributed by atoms with E-state index in [0.29, 0.717) is 6.67 Å². The zero-order valence-corrected chi connectivity index (χ0v) is 33.6. The third-order valence-electron chi connectivity index (χ3n) is 11.0. The Labute approximate surface area is 336 Å². The van der Waals surface area contributed by atoms with Gasteiger partial charge in [0, 0.05) is 46.7 Å². The highest BCUT2D eigenvalue weighted by molar-refractivity contribution is 6.09. The number of hydrogen-bond donors (Lipinski definition) is 0. The van der Waals surface area contributed by atoms with E-state index in [4.69, 9.17) is 9.72 Å². The Balaban J connectivity index is 1.08. The third-order valence-corrected chi connectivity index (χ3v) is 11.0. The molecule has 1 aliphatic heterocycles. The number of para-hydroxylation sites is 1. The summed E-state index contributed by atoms with van der Waals surface area (Å²) in [6, 6.07) is 56.0. The molecule has 0 radical (unpaired) electrons. The number of rotatable bonds is 7. The molecule has 3 heterocycles. The highest BCUT2D eigenvalue weighted by Gasteiger charge is 2.27. The SMILES string of the molecule is CC(C)(C)c1cc(-c2ccccc2)cc(N2C=C(c3ccccc3)N(c3cccc(Oc4ccc5c6ccccc6n(-c6cc(C(C)(C)C)ccn6)c5c4)c3)C2)c1. The van der Waals surface area contributed by atoms with Crippen LogP contribution in [-0.4, -0.2) is 16.2 Å². The molecule has 0 amide bonds. The number of benzene rings is 6. The number of pyridine rings is 1. The van der Waals surface area contributed by atoms with Crippen molar-refractivity contribution in [2.45, 2.75) is 52.4 Å². The van der Waals surface area contributed by atoms with E-state index in [0.717, 1.165) is 56.4 Å². The molecule has 0 atom stereocenters. The molecule has 0 spiro atoms. The van der Waals surface area contributed by atoms with E-state index >= 15 is 0 Å². The first-order valence-electron chi connectivity index (χ1n) is 19.8. The standard InChI is InChI=1S/C52H48N4O/c1-51(2,3)39-26-27-53-50(31-39)56-47-23-14-13-22-45(47)46-25-24-44(33-48(46)56)57-43-21-15-20-41(32-43)55-35-54(34-49(55)37-18-11-8-12-19-37)42-29-38(36-16-9-7-10-17-36)28-40(30-42)52(4,5)6/h7-34H,35H2,1-6H3. The van der Waals surface area contributed by atoms with Gasteiger partial charge in [-0.3, -0.25) is 4.57 Å². The highest BCUT2D eigenvalue weighted by atomic mass is 16.5. The van der Waals surface area contributed by atoms with Crippen molar-refractivity contribution >= 4 is 38.9 Å². The summed E-state index contributed by atoms with van der Waals surface area (Å²) in [7, 11) is 0. The average molecular weight is 745 g/mol. The van der Waals surface area contributed by atoms with Crippen LogP contribution >= 0.6 is 0 Å². The van der Waals surface area contributed by atoms with Crippen molar-refractivity contribution in [3.8, 4) is 28.4 Å². The number of nitrogens with zero attached hydrogens (tertiary/aromatic N) is 4. The minimum atomic E-state index is -0.0129. The molecule has 6 aromatic carbocycles. The molecule has 0 bridgehead atoms. The number of hydrogen-bond acceptors (Lipinski definition) is 4. The van der Waals surface area contributed by atoms with Gasteiger partial charge in [0.05, 0.1) is 23.4 Å². The van der Waals surface area contributed by atoms with Gasteiger partial charge in [-0.05, 0) is 93.2 Å². The summed E-state index contributed by atoms with van der Waals surface area (Å²) in [5.74, 6) is 2.44. The van der Waals surface area contributed by atoms with E-state index in [2.05, 4.69) is 214 Å². The van der Waals surface area contributed by atoms with E-state index in [-0.39, 0.29) is 10.8 Å². The van der Waals surface area contributed by atoms with Crippen molar-refractivity contribution in [3.05, 3.63) is 187 Å². The summed E-state index contributed by atoms with van der Waals surface area (Å²) >= 11 is 0. The molecule has 0 fully saturated rings. The van der Waals surface area contributed by atoms with Crippen molar-refractivity contribution in [2.24, 2.45) is 0 Å². The smallest absolute Gasteiger partial charge is 0.137 e. The molecule has 0 saturated carbocycles. The number of fused-ring (bicyclic) bond motifs is 3. The van der Waals surface area contributed by atoms with Gasteiger partial charge >= 0.3 is 0 Å². The maximum atomic E-state index is 6.73. The van der Waals surface area contributed by atoms with Crippen LogP contribution in [0, 0.1) is 0 Å². The van der Waals surface area contributed by atoms with E-state index < -0.39 is 0 Å². The summed E-state index contributed by atoms with van der Waals surface area (Å²) in [5.41, 5.74) is 11.6. The Bertz CT molecular complexity index is 2770. The van der Waals surface area contributed by atoms with Crippen LogP contribution in [0.1, 0.15) is 58.2 Å². The number of anilines is 2. The molecule has 0 N–H and O–H groups in total. The first-order valence-corrected chi connectivity index (χ1v) is 19.8. The molecule has 0 saturated heterocycles. The van der Waals surface area contributed by atoms with Crippen LogP contribution in [0.15, 0.2) is 170 Å². The maximum Gasteiger partial charge on any atom is 0.137 e. The molecule has 282 valence electrons. The Morgan fingerprint density at radius 2 is 1.19 bits per heavy atom. The summed E-state index contributed by atoms with van der Waals surface area (Å²) < 4.78 is 8.99. The lowest BCUT2D eigenvalue weighted by atomic mass is 9.85. The maximum absolute atomic E-state index is 6.73. The van der Waals surface area contributed by atoms with Gasteiger partial charge in [-0.1, -0.05) is 133 Å². The minimum Gasteiger partial charge on any atom is -0.457 e. The Morgan fingerprint density at radius 1 is 0.509 bits per heavy atom. The molecule has 8 aromatic rings. The van der Waals surface area contributed by atoms with Gasteiger partial charge in [0.25, 0.3) is 0 Å². The first-order chi connectivity index (χ1) is 27.5. The van der Waals surface area contributed by atoms with Crippen LogP contribution in [0.2, 0.25) is 0 Å². The van der Waals surface area contributed by atoms with Crippen molar-refractivity contribution < 1.29 is 4.74 Å². The minimum absolute atomic E-state index is 0.000753. The summed E-state index contributed by atoms with van der Waals surface area (Å²) in [6.45, 7) is 14.2. The number of ether oxygens (including phenoxy) is 1. The van der Waals surface area contributed by atoms with Crippen LogP contribution in [0.25, 0.3) is 44.4 Å². The van der Waals surface area contributed by atoms with Crippen molar-refractivity contribution in [1.29, 1.82) is 0 Å². The quantitative estimate of drug-likeness (QED) is 0.163. The van der Waals surface area contributed by atoms with Gasteiger partial charge in [-0.2, -0.15) is 0 Å². The normalized spacial score (nSPS) is 13.4. The van der Waals surface area contributed by atoms with Crippen LogP contribution in [0.3, 0.4) is 0 Å². The van der Waals surface area contributed by atoms with E-state index in [9.17, 15) is 0 Å². The second-order valence-corrected chi connectivity index (χ2v) is 17.1. The van der Waals surface area contributed by atoms with E-state index in [1.807, 2.05) is 12.3 Å². The molecular formula is C52H48N4O. The largest absolute Gasteiger partial charge is 0.457 e. The van der Waals surface area contributed by atoms with Gasteiger partial charge in [-0.15, -0.1) is 0 Å². The lowest BCUT2D eigenvalue weighted by molar-refractivity contribution is 0.483. The molecular weight excluding hydrogens is 697 g/mol. The summed E-state index contributed by atoms with van der Waals surface area (Å²) in [6.07, 6.45) is 4.21. The average Bonchev–Trinajstić information content (AvgIpc) is 3.81. The Hall–Kier alpha value is -6.59. The molecule has 5 nitrogen and oxygen atoms in total. The predicted molar refractivity (Wildman–Crippen MR) is 239 cm³/mol. The second-order valence-electron chi connectivity index (χ2n) is 17.1. The molecule has 1 aliphatic rings. The summed E-state index contributed by atoms with van der Waals surface area (Å²) in [5, 5.41) is 2.35. The molecule has 5 heteroatoms. The van der Waals surface area contributed by atoms with Gasteiger partial charge < -0.3 is 14.5 Å². The lowest BCUT2D eigenvalue weighted by Crippen LogP contribution is -2.26. The van der Waals surface area contributed by atoms with Crippen molar-refractivity contribution in [1.82, 2.24) is 9.55 Å². The zero-order chi connectivity index (χ0) is 39.3. The van der Waals surface area contributed by atoms with Crippen molar-refractivity contribution in [3.63, 3.8) is 0 Å². The van der Waals surface area contributed by atoms with Gasteiger partial charge in [0.1, 0.15) is 17.3 Å². The van der Waals surface area contributed by atoms with Crippen LogP contribution in [0.4, 0.5) is 11.4 Å². The first kappa shape index (κ1) is 36.1. The van der Waals surface area contributed by atoms with Gasteiger partial charge in [0.2, 0.25) is 0 Å². The van der Waals surface area contributed by atoms with Crippen LogP contribution in [-0.2, 0) is 10.8 Å². The highest BCUT2D eigenvalue weighted by Crippen LogP contribution is 2.40. The molecule has 2 aromatic heterocycles. The second kappa shape index (κ2) is 14.2. The number of aromatic nitrogens is 2. The van der Waals surface area contributed by atoms with Gasteiger partial charge in [0.15, 0.2) is 0 Å². The fraction of sp³-hybridized carbons (Fsp3) is 0.173. The fourth-order valence-electron chi connectivity index (χ4n) is 7.83. The predicted octanol–water partition coefficient (Wildman–Crippen LogP) is 13.5. The topological polar surface area (TPSA) is 33.5 Å². The monoisotopic (exact) mass is 744 g/mol. The third kappa shape index (κ3) is 7.06. The Kier molecular flexibility index (Phi) is 8.96. The fourth-order valence-corrected chi connectivity index (χ4v) is 7.83. The van der Waals surface area contributed by atoms with E-state index in [1.54, 1.807) is 0 Å². The van der Waals surface area contributed by atoms with E-state index in [1.165, 1.54) is 27.6 Å². The molecule has 0 unspecified atom stereocenters. The van der Waals surface area contributed by atoms with Gasteiger partial charge in [-0.25, -0.2) is 4.98 Å². The molecule has 9 rings (SSSR count).